The van der Waals surface area contributed by atoms with Crippen LogP contribution >= 0.6 is 11.6 Å². The fraction of sp³-hybridized carbons (Fsp3) is 0.481. The van der Waals surface area contributed by atoms with Gasteiger partial charge in [0, 0.05) is 53.9 Å². The number of hydrogen-bond donors (Lipinski definition) is 1. The molecule has 4 heterocycles. The van der Waals surface area contributed by atoms with Crippen molar-refractivity contribution in [3.05, 3.63) is 41.7 Å². The molecule has 2 aromatic heterocycles. The van der Waals surface area contributed by atoms with Crippen molar-refractivity contribution in [2.45, 2.75) is 70.2 Å². The molecule has 2 atom stereocenters. The van der Waals surface area contributed by atoms with Crippen molar-refractivity contribution in [1.82, 2.24) is 14.3 Å². The number of amides is 1. The van der Waals surface area contributed by atoms with Gasteiger partial charge < -0.3 is 28.8 Å². The summed E-state index contributed by atoms with van der Waals surface area (Å²) in [6.45, 7) is 5.74. The second-order valence-corrected chi connectivity index (χ2v) is 11.0. The Labute approximate surface area is 216 Å². The number of fused-ring (bicyclic) bond motifs is 3. The molecule has 36 heavy (non-hydrogen) atoms. The van der Waals surface area contributed by atoms with Crippen LogP contribution in [0.2, 0.25) is 5.02 Å². The SMILES string of the molecule is COc1cc(OC)c(-c2cn3ccc(NC4CC5CCC(C4)N5C(=O)OC(C)(C)C)cc3n2)cc1Cl. The van der Waals surface area contributed by atoms with Crippen molar-refractivity contribution in [1.29, 1.82) is 0 Å². The van der Waals surface area contributed by atoms with Gasteiger partial charge in [-0.25, -0.2) is 9.78 Å². The largest absolute Gasteiger partial charge is 0.496 e. The van der Waals surface area contributed by atoms with Crippen LogP contribution in [0.5, 0.6) is 11.5 Å². The minimum Gasteiger partial charge on any atom is -0.496 e. The highest BCUT2D eigenvalue weighted by molar-refractivity contribution is 6.32. The number of ether oxygens (including phenoxy) is 3. The summed E-state index contributed by atoms with van der Waals surface area (Å²) in [6, 6.07) is 8.40. The molecule has 9 heteroatoms. The standard InChI is InChI=1S/C27H33ClN4O4/c1-27(2,3)36-26(33)32-18-6-7-19(32)11-17(10-18)29-16-8-9-31-15-22(30-25(31)12-16)20-13-21(28)24(35-5)14-23(20)34-4/h8-9,12-15,17-19,29H,6-7,10-11H2,1-5H3. The molecule has 3 aromatic rings. The third-order valence-corrected chi connectivity index (χ3v) is 7.21. The van der Waals surface area contributed by atoms with Gasteiger partial charge in [-0.15, -0.1) is 0 Å². The van der Waals surface area contributed by atoms with E-state index in [1.807, 2.05) is 54.6 Å². The number of hydrogen-bond acceptors (Lipinski definition) is 6. The smallest absolute Gasteiger partial charge is 0.410 e. The molecule has 5 rings (SSSR count). The Morgan fingerprint density at radius 1 is 1.08 bits per heavy atom. The van der Waals surface area contributed by atoms with E-state index in [-0.39, 0.29) is 18.2 Å². The van der Waals surface area contributed by atoms with Crippen LogP contribution in [0.3, 0.4) is 0 Å². The topological polar surface area (TPSA) is 77.3 Å². The molecule has 2 aliphatic rings. The number of methoxy groups -OCH3 is 2. The van der Waals surface area contributed by atoms with Crippen LogP contribution in [0.1, 0.15) is 46.5 Å². The Bertz CT molecular complexity index is 1270. The first-order valence-electron chi connectivity index (χ1n) is 12.3. The van der Waals surface area contributed by atoms with Crippen LogP contribution in [0, 0.1) is 0 Å². The number of carbonyl (C=O) groups excluding carboxylic acids is 1. The zero-order valence-corrected chi connectivity index (χ0v) is 22.1. The third-order valence-electron chi connectivity index (χ3n) is 6.92. The second kappa shape index (κ2) is 9.39. The normalized spacial score (nSPS) is 21.5. The van der Waals surface area contributed by atoms with Gasteiger partial charge in [-0.2, -0.15) is 0 Å². The number of pyridine rings is 1. The van der Waals surface area contributed by atoms with Crippen molar-refractivity contribution >= 4 is 29.0 Å². The maximum Gasteiger partial charge on any atom is 0.410 e. The summed E-state index contributed by atoms with van der Waals surface area (Å²) in [5, 5.41) is 4.18. The molecule has 0 radical (unpaired) electrons. The lowest BCUT2D eigenvalue weighted by molar-refractivity contribution is 0.00683. The molecule has 2 saturated heterocycles. The van der Waals surface area contributed by atoms with Gasteiger partial charge in [0.1, 0.15) is 22.7 Å². The fourth-order valence-corrected chi connectivity index (χ4v) is 5.65. The molecule has 8 nitrogen and oxygen atoms in total. The van der Waals surface area contributed by atoms with Crippen LogP contribution in [0.15, 0.2) is 36.7 Å². The number of benzene rings is 1. The van der Waals surface area contributed by atoms with Crippen LogP contribution < -0.4 is 14.8 Å². The Balaban J connectivity index is 1.32. The Morgan fingerprint density at radius 3 is 2.42 bits per heavy atom. The van der Waals surface area contributed by atoms with Crippen molar-refractivity contribution in [3.8, 4) is 22.8 Å². The zero-order chi connectivity index (χ0) is 25.6. The monoisotopic (exact) mass is 512 g/mol. The average molecular weight is 513 g/mol. The maximum absolute atomic E-state index is 12.8. The molecule has 2 unspecified atom stereocenters. The Hall–Kier alpha value is -3.13. The maximum atomic E-state index is 12.8. The number of aromatic nitrogens is 2. The van der Waals surface area contributed by atoms with E-state index in [1.165, 1.54) is 0 Å². The Kier molecular flexibility index (Phi) is 6.41. The molecule has 1 N–H and O–H groups in total. The van der Waals surface area contributed by atoms with E-state index in [1.54, 1.807) is 20.3 Å². The molecule has 0 spiro atoms. The lowest BCUT2D eigenvalue weighted by atomic mass is 9.97. The van der Waals surface area contributed by atoms with E-state index < -0.39 is 5.60 Å². The van der Waals surface area contributed by atoms with Gasteiger partial charge in [0.15, 0.2) is 0 Å². The minimum atomic E-state index is -0.481. The third kappa shape index (κ3) is 4.78. The number of anilines is 1. The molecule has 1 aromatic carbocycles. The van der Waals surface area contributed by atoms with Crippen molar-refractivity contribution in [3.63, 3.8) is 0 Å². The van der Waals surface area contributed by atoms with Gasteiger partial charge >= 0.3 is 6.09 Å². The first-order chi connectivity index (χ1) is 17.1. The lowest BCUT2D eigenvalue weighted by Crippen LogP contribution is -2.51. The highest BCUT2D eigenvalue weighted by Gasteiger charge is 2.44. The summed E-state index contributed by atoms with van der Waals surface area (Å²) in [5.74, 6) is 1.20. The molecular formula is C27H33ClN4O4. The summed E-state index contributed by atoms with van der Waals surface area (Å²) in [7, 11) is 3.19. The number of nitrogens with one attached hydrogen (secondary N) is 1. The molecule has 1 amide bonds. The Morgan fingerprint density at radius 2 is 1.78 bits per heavy atom. The van der Waals surface area contributed by atoms with Gasteiger partial charge in [0.05, 0.1) is 24.9 Å². The fourth-order valence-electron chi connectivity index (χ4n) is 5.40. The summed E-state index contributed by atoms with van der Waals surface area (Å²) < 4.78 is 18.5. The van der Waals surface area contributed by atoms with E-state index in [2.05, 4.69) is 11.4 Å². The van der Waals surface area contributed by atoms with Crippen molar-refractivity contribution < 1.29 is 19.0 Å². The molecular weight excluding hydrogens is 480 g/mol. The highest BCUT2D eigenvalue weighted by Crippen LogP contribution is 2.39. The van der Waals surface area contributed by atoms with Crippen LogP contribution in [-0.4, -0.2) is 58.3 Å². The van der Waals surface area contributed by atoms with Crippen molar-refractivity contribution in [2.24, 2.45) is 0 Å². The van der Waals surface area contributed by atoms with Crippen molar-refractivity contribution in [2.75, 3.05) is 19.5 Å². The highest BCUT2D eigenvalue weighted by atomic mass is 35.5. The quantitative estimate of drug-likeness (QED) is 0.451. The summed E-state index contributed by atoms with van der Waals surface area (Å²) in [6.07, 6.45) is 7.63. The number of imidazole rings is 1. The number of halogens is 1. The number of carbonyl (C=O) groups is 1. The van der Waals surface area contributed by atoms with Crippen LogP contribution in [0.25, 0.3) is 16.9 Å². The van der Waals surface area contributed by atoms with Gasteiger partial charge in [-0.05, 0) is 58.6 Å². The molecule has 0 saturated carbocycles. The molecule has 2 fully saturated rings. The second-order valence-electron chi connectivity index (χ2n) is 10.6. The van der Waals surface area contributed by atoms with Gasteiger partial charge in [0.2, 0.25) is 0 Å². The van der Waals surface area contributed by atoms with Gasteiger partial charge in [-0.1, -0.05) is 11.6 Å². The molecule has 2 aliphatic heterocycles. The first-order valence-corrected chi connectivity index (χ1v) is 12.7. The van der Waals surface area contributed by atoms with Gasteiger partial charge in [-0.3, -0.25) is 0 Å². The summed E-state index contributed by atoms with van der Waals surface area (Å²) in [4.78, 5) is 19.6. The average Bonchev–Trinajstić information content (AvgIpc) is 3.36. The van der Waals surface area contributed by atoms with E-state index in [9.17, 15) is 4.79 Å². The van der Waals surface area contributed by atoms with E-state index in [0.29, 0.717) is 22.6 Å². The predicted molar refractivity (Wildman–Crippen MR) is 140 cm³/mol. The minimum absolute atomic E-state index is 0.186. The number of nitrogens with zero attached hydrogens (tertiary/aromatic N) is 3. The lowest BCUT2D eigenvalue weighted by Gasteiger charge is -2.40. The van der Waals surface area contributed by atoms with Crippen LogP contribution in [-0.2, 0) is 4.74 Å². The van der Waals surface area contributed by atoms with Gasteiger partial charge in [0.25, 0.3) is 0 Å². The zero-order valence-electron chi connectivity index (χ0n) is 21.4. The van der Waals surface area contributed by atoms with Crippen LogP contribution in [0.4, 0.5) is 10.5 Å². The number of piperidine rings is 1. The van der Waals surface area contributed by atoms with E-state index in [0.717, 1.165) is 48.3 Å². The number of rotatable bonds is 5. The summed E-state index contributed by atoms with van der Waals surface area (Å²) in [5.41, 5.74) is 2.91. The van der Waals surface area contributed by atoms with E-state index in [4.69, 9.17) is 30.8 Å². The van der Waals surface area contributed by atoms with E-state index >= 15 is 0 Å². The molecule has 0 aliphatic carbocycles. The summed E-state index contributed by atoms with van der Waals surface area (Å²) >= 11 is 6.37. The first kappa shape index (κ1) is 24.6. The molecule has 2 bridgehead atoms. The predicted octanol–water partition coefficient (Wildman–Crippen LogP) is 6.01. The molecule has 192 valence electrons.